The third-order valence-electron chi connectivity index (χ3n) is 3.95. The van der Waals surface area contributed by atoms with E-state index in [4.69, 9.17) is 0 Å². The molecule has 2 nitrogen and oxygen atoms in total. The number of halogens is 3. The highest BCUT2D eigenvalue weighted by atomic mass is 79.9. The summed E-state index contributed by atoms with van der Waals surface area (Å²) in [5, 5.41) is 3.19. The van der Waals surface area contributed by atoms with E-state index in [-0.39, 0.29) is 4.47 Å². The molecule has 1 N–H and O–H groups in total. The van der Waals surface area contributed by atoms with Crippen LogP contribution >= 0.6 is 15.9 Å². The summed E-state index contributed by atoms with van der Waals surface area (Å²) >= 11 is 3.02. The maximum Gasteiger partial charge on any atom is 0.176 e. The average Bonchev–Trinajstić information content (AvgIpc) is 2.44. The molecule has 0 aromatic heterocycles. The number of piperidine rings is 1. The Labute approximate surface area is 126 Å². The van der Waals surface area contributed by atoms with Gasteiger partial charge in [0.1, 0.15) is 5.82 Å². The molecule has 0 aliphatic carbocycles. The van der Waals surface area contributed by atoms with E-state index < -0.39 is 28.4 Å². The minimum Gasteiger partial charge on any atom is -0.316 e. The smallest absolute Gasteiger partial charge is 0.176 e. The Bertz CT molecular complexity index is 507. The molecule has 2 rings (SSSR count). The van der Waals surface area contributed by atoms with Gasteiger partial charge in [0.15, 0.2) is 11.6 Å². The fraction of sp³-hybridized carbons (Fsp3) is 0.533. The molecular weight excluding hydrogens is 328 g/mol. The van der Waals surface area contributed by atoms with E-state index >= 15 is 0 Å². The van der Waals surface area contributed by atoms with E-state index in [0.717, 1.165) is 25.5 Å². The van der Waals surface area contributed by atoms with Crippen LogP contribution in [0.2, 0.25) is 0 Å². The van der Waals surface area contributed by atoms with Crippen molar-refractivity contribution in [3.8, 4) is 0 Å². The van der Waals surface area contributed by atoms with Gasteiger partial charge in [-0.15, -0.1) is 0 Å². The predicted molar refractivity (Wildman–Crippen MR) is 77.8 cm³/mol. The van der Waals surface area contributed by atoms with Crippen molar-refractivity contribution in [3.05, 3.63) is 33.8 Å². The van der Waals surface area contributed by atoms with Gasteiger partial charge in [-0.05, 0) is 53.9 Å². The first-order chi connectivity index (χ1) is 9.52. The van der Waals surface area contributed by atoms with Crippen molar-refractivity contribution in [2.24, 2.45) is 5.41 Å². The monoisotopic (exact) mass is 345 g/mol. The van der Waals surface area contributed by atoms with E-state index in [0.29, 0.717) is 19.4 Å². The SMILES string of the molecule is CCCC1(C(=O)c2c(F)ccc(Br)c2F)CCCNC1. The van der Waals surface area contributed by atoms with Gasteiger partial charge < -0.3 is 5.32 Å². The molecule has 1 heterocycles. The number of hydrogen-bond donors (Lipinski definition) is 1. The van der Waals surface area contributed by atoms with E-state index in [2.05, 4.69) is 21.2 Å². The topological polar surface area (TPSA) is 29.1 Å². The summed E-state index contributed by atoms with van der Waals surface area (Å²) < 4.78 is 28.2. The number of nitrogens with one attached hydrogen (secondary N) is 1. The van der Waals surface area contributed by atoms with Crippen molar-refractivity contribution < 1.29 is 13.6 Å². The van der Waals surface area contributed by atoms with Gasteiger partial charge in [-0.25, -0.2) is 8.78 Å². The van der Waals surface area contributed by atoms with Crippen molar-refractivity contribution in [3.63, 3.8) is 0 Å². The highest BCUT2D eigenvalue weighted by molar-refractivity contribution is 9.10. The van der Waals surface area contributed by atoms with Gasteiger partial charge in [-0.1, -0.05) is 13.3 Å². The zero-order valence-electron chi connectivity index (χ0n) is 11.4. The molecule has 5 heteroatoms. The molecule has 0 amide bonds. The van der Waals surface area contributed by atoms with Gasteiger partial charge in [0.25, 0.3) is 0 Å². The zero-order chi connectivity index (χ0) is 14.8. The standard InChI is InChI=1S/C15H18BrF2NO/c1-2-6-15(7-3-8-19-9-15)14(20)12-11(17)5-4-10(16)13(12)18/h4-5,19H,2-3,6-9H2,1H3. The minimum absolute atomic E-state index is 0.123. The van der Waals surface area contributed by atoms with Crippen LogP contribution in [0.15, 0.2) is 16.6 Å². The van der Waals surface area contributed by atoms with Crippen molar-refractivity contribution in [2.75, 3.05) is 13.1 Å². The Morgan fingerprint density at radius 2 is 2.20 bits per heavy atom. The van der Waals surface area contributed by atoms with Gasteiger partial charge >= 0.3 is 0 Å². The first-order valence-corrected chi connectivity index (χ1v) is 7.70. The van der Waals surface area contributed by atoms with Crippen LogP contribution in [0.4, 0.5) is 8.78 Å². The maximum absolute atomic E-state index is 14.2. The Kier molecular flexibility index (Phi) is 4.91. The lowest BCUT2D eigenvalue weighted by Gasteiger charge is -2.36. The van der Waals surface area contributed by atoms with Crippen LogP contribution in [-0.4, -0.2) is 18.9 Å². The van der Waals surface area contributed by atoms with Crippen LogP contribution in [-0.2, 0) is 0 Å². The summed E-state index contributed by atoms with van der Waals surface area (Å²) in [5.74, 6) is -1.99. The summed E-state index contributed by atoms with van der Waals surface area (Å²) in [7, 11) is 0. The summed E-state index contributed by atoms with van der Waals surface area (Å²) in [4.78, 5) is 12.8. The molecule has 0 radical (unpaired) electrons. The average molecular weight is 346 g/mol. The number of hydrogen-bond acceptors (Lipinski definition) is 2. The summed E-state index contributed by atoms with van der Waals surface area (Å²) in [6.07, 6.45) is 2.98. The highest BCUT2D eigenvalue weighted by Gasteiger charge is 2.41. The minimum atomic E-state index is -0.795. The van der Waals surface area contributed by atoms with E-state index in [1.807, 2.05) is 6.92 Å². The molecule has 1 aromatic carbocycles. The van der Waals surface area contributed by atoms with Gasteiger partial charge in [-0.2, -0.15) is 0 Å². The molecule has 0 saturated carbocycles. The lowest BCUT2D eigenvalue weighted by atomic mass is 9.71. The quantitative estimate of drug-likeness (QED) is 0.658. The molecule has 0 bridgehead atoms. The lowest BCUT2D eigenvalue weighted by molar-refractivity contribution is 0.0708. The molecule has 1 aromatic rings. The number of ketones is 1. The van der Waals surface area contributed by atoms with E-state index in [1.165, 1.54) is 6.07 Å². The van der Waals surface area contributed by atoms with Gasteiger partial charge in [0, 0.05) is 12.0 Å². The van der Waals surface area contributed by atoms with Crippen LogP contribution in [0.1, 0.15) is 43.0 Å². The number of carbonyl (C=O) groups excluding carboxylic acids is 1. The molecule has 1 aliphatic rings. The number of benzene rings is 1. The predicted octanol–water partition coefficient (Wildman–Crippen LogP) is 4.08. The molecule has 1 saturated heterocycles. The fourth-order valence-electron chi connectivity index (χ4n) is 2.97. The van der Waals surface area contributed by atoms with E-state index in [1.54, 1.807) is 0 Å². The van der Waals surface area contributed by atoms with Crippen LogP contribution in [0.5, 0.6) is 0 Å². The van der Waals surface area contributed by atoms with Crippen LogP contribution in [0.25, 0.3) is 0 Å². The Hall–Kier alpha value is -0.810. The van der Waals surface area contributed by atoms with Crippen LogP contribution in [0, 0.1) is 17.0 Å². The van der Waals surface area contributed by atoms with Crippen LogP contribution in [0.3, 0.4) is 0 Å². The van der Waals surface area contributed by atoms with Crippen molar-refractivity contribution in [1.29, 1.82) is 0 Å². The first kappa shape index (κ1) is 15.6. The normalized spacial score (nSPS) is 22.8. The third kappa shape index (κ3) is 2.79. The first-order valence-electron chi connectivity index (χ1n) is 6.91. The van der Waals surface area contributed by atoms with Gasteiger partial charge in [0.05, 0.1) is 10.0 Å². The summed E-state index contributed by atoms with van der Waals surface area (Å²) in [6.45, 7) is 3.32. The third-order valence-corrected chi connectivity index (χ3v) is 4.57. The van der Waals surface area contributed by atoms with Gasteiger partial charge in [0.2, 0.25) is 0 Å². The van der Waals surface area contributed by atoms with Crippen LogP contribution < -0.4 is 5.32 Å². The van der Waals surface area contributed by atoms with Gasteiger partial charge in [-0.3, -0.25) is 4.79 Å². The highest BCUT2D eigenvalue weighted by Crippen LogP contribution is 2.37. The maximum atomic E-state index is 14.2. The molecule has 0 spiro atoms. The van der Waals surface area contributed by atoms with Crippen molar-refractivity contribution in [1.82, 2.24) is 5.32 Å². The Balaban J connectivity index is 2.45. The second-order valence-corrected chi connectivity index (χ2v) is 6.21. The summed E-state index contributed by atoms with van der Waals surface area (Å²) in [6, 6.07) is 2.42. The molecular formula is C15H18BrF2NO. The molecule has 110 valence electrons. The molecule has 1 aliphatic heterocycles. The second kappa shape index (κ2) is 6.31. The summed E-state index contributed by atoms with van der Waals surface area (Å²) in [5.41, 5.74) is -1.09. The molecule has 1 unspecified atom stereocenters. The number of rotatable bonds is 4. The van der Waals surface area contributed by atoms with Crippen molar-refractivity contribution in [2.45, 2.75) is 32.6 Å². The Morgan fingerprint density at radius 1 is 1.45 bits per heavy atom. The fourth-order valence-corrected chi connectivity index (χ4v) is 3.30. The lowest BCUT2D eigenvalue weighted by Crippen LogP contribution is -2.46. The molecule has 20 heavy (non-hydrogen) atoms. The zero-order valence-corrected chi connectivity index (χ0v) is 13.0. The largest absolute Gasteiger partial charge is 0.316 e. The number of carbonyl (C=O) groups is 1. The van der Waals surface area contributed by atoms with E-state index in [9.17, 15) is 13.6 Å². The molecule has 1 atom stereocenters. The second-order valence-electron chi connectivity index (χ2n) is 5.36. The molecule has 1 fully saturated rings. The Morgan fingerprint density at radius 3 is 2.80 bits per heavy atom. The van der Waals surface area contributed by atoms with Crippen molar-refractivity contribution >= 4 is 21.7 Å². The number of Topliss-reactive ketones (excluding diaryl/α,β-unsaturated/α-hetero) is 1.